The van der Waals surface area contributed by atoms with Gasteiger partial charge in [0.1, 0.15) is 0 Å². The molecule has 1 aromatic heterocycles. The fourth-order valence-electron chi connectivity index (χ4n) is 2.46. The van der Waals surface area contributed by atoms with Crippen LogP contribution in [0.5, 0.6) is 0 Å². The van der Waals surface area contributed by atoms with Gasteiger partial charge in [0.15, 0.2) is 0 Å². The van der Waals surface area contributed by atoms with Gasteiger partial charge in [0.25, 0.3) is 0 Å². The van der Waals surface area contributed by atoms with Gasteiger partial charge in [-0.3, -0.25) is 9.88 Å². The lowest BCUT2D eigenvalue weighted by atomic mass is 9.90. The van der Waals surface area contributed by atoms with Crippen LogP contribution in [0.25, 0.3) is 0 Å². The van der Waals surface area contributed by atoms with Gasteiger partial charge in [0.05, 0.1) is 0 Å². The van der Waals surface area contributed by atoms with E-state index in [4.69, 9.17) is 0 Å². The van der Waals surface area contributed by atoms with Crippen molar-refractivity contribution in [1.29, 1.82) is 0 Å². The molecule has 1 aliphatic heterocycles. The van der Waals surface area contributed by atoms with Crippen molar-refractivity contribution in [2.75, 3.05) is 13.1 Å². The molecule has 0 saturated heterocycles. The second kappa shape index (κ2) is 5.18. The number of nitrogens with zero attached hydrogens (tertiary/aromatic N) is 2. The van der Waals surface area contributed by atoms with Crippen LogP contribution in [0.4, 0.5) is 0 Å². The highest BCUT2D eigenvalue weighted by atomic mass is 15.1. The predicted molar refractivity (Wildman–Crippen MR) is 71.9 cm³/mol. The van der Waals surface area contributed by atoms with E-state index in [0.717, 1.165) is 6.54 Å². The molecule has 1 aliphatic rings. The summed E-state index contributed by atoms with van der Waals surface area (Å²) in [6.07, 6.45) is 7.75. The van der Waals surface area contributed by atoms with Crippen molar-refractivity contribution >= 4 is 0 Å². The maximum atomic E-state index is 4.23. The Hall–Kier alpha value is -0.890. The summed E-state index contributed by atoms with van der Waals surface area (Å²) in [6.45, 7) is 10.5. The van der Waals surface area contributed by atoms with E-state index in [2.05, 4.69) is 36.7 Å². The first-order valence-electron chi connectivity index (χ1n) is 6.69. The van der Waals surface area contributed by atoms with Gasteiger partial charge in [-0.2, -0.15) is 0 Å². The molecular weight excluding hydrogens is 208 g/mol. The summed E-state index contributed by atoms with van der Waals surface area (Å²) in [7, 11) is 0. The Bertz CT molecular complexity index is 365. The first-order valence-corrected chi connectivity index (χ1v) is 6.69. The molecule has 17 heavy (non-hydrogen) atoms. The minimum Gasteiger partial charge on any atom is -0.299 e. The number of aromatic nitrogens is 1. The van der Waals surface area contributed by atoms with E-state index in [1.165, 1.54) is 43.5 Å². The van der Waals surface area contributed by atoms with Crippen molar-refractivity contribution < 1.29 is 0 Å². The lowest BCUT2D eigenvalue weighted by Gasteiger charge is -2.29. The van der Waals surface area contributed by atoms with Gasteiger partial charge in [-0.15, -0.1) is 0 Å². The molecule has 0 aromatic carbocycles. The third-order valence-corrected chi connectivity index (χ3v) is 3.50. The number of hydrogen-bond donors (Lipinski definition) is 0. The maximum absolute atomic E-state index is 4.23. The second-order valence-corrected chi connectivity index (χ2v) is 6.33. The summed E-state index contributed by atoms with van der Waals surface area (Å²) in [6, 6.07) is 2.17. The molecule has 2 rings (SSSR count). The number of pyridine rings is 1. The van der Waals surface area contributed by atoms with Crippen LogP contribution in [0.1, 0.15) is 44.7 Å². The Balaban J connectivity index is 1.82. The van der Waals surface area contributed by atoms with Crippen LogP contribution in [-0.4, -0.2) is 23.0 Å². The molecule has 2 heterocycles. The van der Waals surface area contributed by atoms with Gasteiger partial charge in [0.2, 0.25) is 0 Å². The molecule has 0 fully saturated rings. The lowest BCUT2D eigenvalue weighted by molar-refractivity contribution is 0.231. The van der Waals surface area contributed by atoms with Gasteiger partial charge < -0.3 is 0 Å². The molecule has 1 aromatic rings. The van der Waals surface area contributed by atoms with Crippen LogP contribution in [0, 0.1) is 5.41 Å². The van der Waals surface area contributed by atoms with Gasteiger partial charge in [0, 0.05) is 25.5 Å². The molecule has 94 valence electrons. The largest absolute Gasteiger partial charge is 0.299 e. The number of rotatable bonds is 3. The van der Waals surface area contributed by atoms with Crippen molar-refractivity contribution in [2.24, 2.45) is 5.41 Å². The highest BCUT2D eigenvalue weighted by molar-refractivity contribution is 5.25. The van der Waals surface area contributed by atoms with E-state index in [-0.39, 0.29) is 0 Å². The van der Waals surface area contributed by atoms with E-state index in [1.54, 1.807) is 0 Å². The summed E-state index contributed by atoms with van der Waals surface area (Å²) in [4.78, 5) is 6.79. The first-order chi connectivity index (χ1) is 8.04. The van der Waals surface area contributed by atoms with Crippen LogP contribution >= 0.6 is 0 Å². The highest BCUT2D eigenvalue weighted by Gasteiger charge is 2.16. The molecule has 0 N–H and O–H groups in total. The van der Waals surface area contributed by atoms with Gasteiger partial charge in [-0.05, 0) is 48.4 Å². The summed E-state index contributed by atoms with van der Waals surface area (Å²) in [5, 5.41) is 0. The minimum atomic E-state index is 0.468. The van der Waals surface area contributed by atoms with E-state index in [9.17, 15) is 0 Å². The van der Waals surface area contributed by atoms with E-state index in [0.29, 0.717) is 5.41 Å². The van der Waals surface area contributed by atoms with E-state index < -0.39 is 0 Å². The zero-order chi connectivity index (χ0) is 12.3. The van der Waals surface area contributed by atoms with Crippen LogP contribution < -0.4 is 0 Å². The molecule has 0 spiro atoms. The summed E-state index contributed by atoms with van der Waals surface area (Å²) in [5.74, 6) is 0. The smallest absolute Gasteiger partial charge is 0.0315 e. The fraction of sp³-hybridized carbons (Fsp3) is 0.667. The van der Waals surface area contributed by atoms with E-state index >= 15 is 0 Å². The van der Waals surface area contributed by atoms with Crippen LogP contribution in [0.15, 0.2) is 18.5 Å². The minimum absolute atomic E-state index is 0.468. The zero-order valence-corrected chi connectivity index (χ0v) is 11.4. The third-order valence-electron chi connectivity index (χ3n) is 3.50. The quantitative estimate of drug-likeness (QED) is 0.795. The normalized spacial score (nSPS) is 16.9. The SMILES string of the molecule is CC(C)(C)CCCN1CCc2ccncc2C1. The Labute approximate surface area is 105 Å². The summed E-state index contributed by atoms with van der Waals surface area (Å²) < 4.78 is 0. The van der Waals surface area contributed by atoms with Crippen LogP contribution in [-0.2, 0) is 13.0 Å². The Kier molecular flexibility index (Phi) is 3.82. The summed E-state index contributed by atoms with van der Waals surface area (Å²) >= 11 is 0. The number of fused-ring (bicyclic) bond motifs is 1. The average molecular weight is 232 g/mol. The Morgan fingerprint density at radius 3 is 2.88 bits per heavy atom. The van der Waals surface area contributed by atoms with Gasteiger partial charge >= 0.3 is 0 Å². The van der Waals surface area contributed by atoms with Crippen molar-refractivity contribution in [3.05, 3.63) is 29.6 Å². The molecule has 0 amide bonds. The molecule has 0 aliphatic carbocycles. The topological polar surface area (TPSA) is 16.1 Å². The molecular formula is C15H24N2. The lowest BCUT2D eigenvalue weighted by Crippen LogP contribution is -2.31. The molecule has 0 radical (unpaired) electrons. The predicted octanol–water partition coefficient (Wildman–Crippen LogP) is 3.27. The second-order valence-electron chi connectivity index (χ2n) is 6.33. The van der Waals surface area contributed by atoms with Crippen molar-refractivity contribution in [2.45, 2.75) is 46.6 Å². The summed E-state index contributed by atoms with van der Waals surface area (Å²) in [5.41, 5.74) is 3.39. The monoisotopic (exact) mass is 232 g/mol. The first kappa shape index (κ1) is 12.6. The number of hydrogen-bond acceptors (Lipinski definition) is 2. The van der Waals surface area contributed by atoms with Crippen molar-refractivity contribution in [1.82, 2.24) is 9.88 Å². The molecule has 2 heteroatoms. The van der Waals surface area contributed by atoms with E-state index in [1.807, 2.05) is 12.4 Å². The van der Waals surface area contributed by atoms with Gasteiger partial charge in [-0.25, -0.2) is 0 Å². The average Bonchev–Trinajstić information content (AvgIpc) is 2.27. The fourth-order valence-corrected chi connectivity index (χ4v) is 2.46. The Morgan fingerprint density at radius 2 is 2.12 bits per heavy atom. The molecule has 0 bridgehead atoms. The highest BCUT2D eigenvalue weighted by Crippen LogP contribution is 2.22. The van der Waals surface area contributed by atoms with Crippen molar-refractivity contribution in [3.8, 4) is 0 Å². The van der Waals surface area contributed by atoms with Gasteiger partial charge in [-0.1, -0.05) is 20.8 Å². The standard InChI is InChI=1S/C15H24N2/c1-15(2,3)7-4-9-17-10-6-13-5-8-16-11-14(13)12-17/h5,8,11H,4,6-7,9-10,12H2,1-3H3. The third kappa shape index (κ3) is 3.81. The van der Waals surface area contributed by atoms with Crippen molar-refractivity contribution in [3.63, 3.8) is 0 Å². The molecule has 2 nitrogen and oxygen atoms in total. The molecule has 0 unspecified atom stereocenters. The van der Waals surface area contributed by atoms with Crippen LogP contribution in [0.2, 0.25) is 0 Å². The maximum Gasteiger partial charge on any atom is 0.0315 e. The Morgan fingerprint density at radius 1 is 1.29 bits per heavy atom. The zero-order valence-electron chi connectivity index (χ0n) is 11.4. The molecule has 0 atom stereocenters. The molecule has 0 saturated carbocycles. The van der Waals surface area contributed by atoms with Crippen LogP contribution in [0.3, 0.4) is 0 Å².